The number of methoxy groups -OCH3 is 1. The first-order valence-corrected chi connectivity index (χ1v) is 12.9. The molecule has 1 amide bonds. The van der Waals surface area contributed by atoms with Gasteiger partial charge in [-0.3, -0.25) is 9.36 Å². The normalized spacial score (nSPS) is 13.3. The number of hydrogen-bond acceptors (Lipinski definition) is 5. The Labute approximate surface area is 213 Å². The molecule has 5 rings (SSSR count). The van der Waals surface area contributed by atoms with Crippen molar-refractivity contribution >= 4 is 29.3 Å². The SMILES string of the molecule is COc1cccc(-c2nnc(SCc3ccc(C(=O)N4CCCC4)cc3)n2-c2cccc(Cl)c2)c1. The summed E-state index contributed by atoms with van der Waals surface area (Å²) in [6.45, 7) is 1.70. The lowest BCUT2D eigenvalue weighted by Gasteiger charge is -2.15. The average Bonchev–Trinajstić information content (AvgIpc) is 3.58. The first-order chi connectivity index (χ1) is 17.1. The molecule has 4 aromatic rings. The third-order valence-electron chi connectivity index (χ3n) is 5.99. The van der Waals surface area contributed by atoms with Crippen LogP contribution in [-0.2, 0) is 5.75 Å². The molecule has 0 spiro atoms. The number of carbonyl (C=O) groups is 1. The van der Waals surface area contributed by atoms with Gasteiger partial charge in [0.25, 0.3) is 5.91 Å². The van der Waals surface area contributed by atoms with Crippen molar-refractivity contribution < 1.29 is 9.53 Å². The number of halogens is 1. The lowest BCUT2D eigenvalue weighted by molar-refractivity contribution is 0.0793. The predicted molar refractivity (Wildman–Crippen MR) is 139 cm³/mol. The minimum atomic E-state index is 0.116. The Hall–Kier alpha value is -3.29. The van der Waals surface area contributed by atoms with Crippen LogP contribution in [0.4, 0.5) is 0 Å². The quantitative estimate of drug-likeness (QED) is 0.283. The van der Waals surface area contributed by atoms with Gasteiger partial charge in [0.05, 0.1) is 12.8 Å². The van der Waals surface area contributed by atoms with Crippen LogP contribution in [0.5, 0.6) is 5.75 Å². The smallest absolute Gasteiger partial charge is 0.253 e. The molecule has 2 heterocycles. The summed E-state index contributed by atoms with van der Waals surface area (Å²) in [5.74, 6) is 2.26. The average molecular weight is 505 g/mol. The van der Waals surface area contributed by atoms with Crippen LogP contribution in [0.15, 0.2) is 78.0 Å². The number of hydrogen-bond donors (Lipinski definition) is 0. The monoisotopic (exact) mass is 504 g/mol. The molecule has 0 unspecified atom stereocenters. The maximum atomic E-state index is 12.6. The van der Waals surface area contributed by atoms with Crippen molar-refractivity contribution in [3.63, 3.8) is 0 Å². The fraction of sp³-hybridized carbons (Fsp3) is 0.222. The van der Waals surface area contributed by atoms with Gasteiger partial charge in [-0.2, -0.15) is 0 Å². The van der Waals surface area contributed by atoms with Gasteiger partial charge >= 0.3 is 0 Å². The number of carbonyl (C=O) groups excluding carboxylic acids is 1. The molecule has 0 saturated carbocycles. The number of rotatable bonds is 7. The van der Waals surface area contributed by atoms with E-state index in [1.165, 1.54) is 0 Å². The highest BCUT2D eigenvalue weighted by Gasteiger charge is 2.20. The number of amides is 1. The molecule has 1 aromatic heterocycles. The van der Waals surface area contributed by atoms with Gasteiger partial charge in [0.1, 0.15) is 5.75 Å². The lowest BCUT2D eigenvalue weighted by atomic mass is 10.1. The Kier molecular flexibility index (Phi) is 7.06. The van der Waals surface area contributed by atoms with Crippen LogP contribution < -0.4 is 4.74 Å². The Morgan fingerprint density at radius 3 is 2.51 bits per heavy atom. The second kappa shape index (κ2) is 10.5. The third-order valence-corrected chi connectivity index (χ3v) is 7.22. The molecule has 6 nitrogen and oxygen atoms in total. The second-order valence-electron chi connectivity index (χ2n) is 8.34. The first-order valence-electron chi connectivity index (χ1n) is 11.5. The van der Waals surface area contributed by atoms with Crippen molar-refractivity contribution in [2.45, 2.75) is 23.8 Å². The van der Waals surface area contributed by atoms with E-state index in [-0.39, 0.29) is 5.91 Å². The number of ether oxygens (including phenoxy) is 1. The van der Waals surface area contributed by atoms with E-state index in [2.05, 4.69) is 10.2 Å². The zero-order valence-electron chi connectivity index (χ0n) is 19.4. The van der Waals surface area contributed by atoms with E-state index in [0.717, 1.165) is 59.2 Å². The maximum Gasteiger partial charge on any atom is 0.253 e. The van der Waals surface area contributed by atoms with Gasteiger partial charge in [-0.1, -0.05) is 53.7 Å². The maximum absolute atomic E-state index is 12.6. The van der Waals surface area contributed by atoms with Gasteiger partial charge < -0.3 is 9.64 Å². The number of thioether (sulfide) groups is 1. The van der Waals surface area contributed by atoms with E-state index >= 15 is 0 Å². The van der Waals surface area contributed by atoms with Crippen LogP contribution in [0.2, 0.25) is 5.02 Å². The molecule has 1 saturated heterocycles. The van der Waals surface area contributed by atoms with Crippen LogP contribution in [0.3, 0.4) is 0 Å². The molecule has 8 heteroatoms. The molecule has 35 heavy (non-hydrogen) atoms. The summed E-state index contributed by atoms with van der Waals surface area (Å²) in [7, 11) is 1.64. The van der Waals surface area contributed by atoms with Gasteiger partial charge in [0, 0.05) is 35.0 Å². The van der Waals surface area contributed by atoms with E-state index in [9.17, 15) is 4.79 Å². The summed E-state index contributed by atoms with van der Waals surface area (Å²) >= 11 is 7.89. The molecule has 0 radical (unpaired) electrons. The summed E-state index contributed by atoms with van der Waals surface area (Å²) in [5, 5.41) is 10.4. The van der Waals surface area contributed by atoms with Crippen LogP contribution in [-0.4, -0.2) is 45.8 Å². The number of nitrogens with zero attached hydrogens (tertiary/aromatic N) is 4. The van der Waals surface area contributed by atoms with Crippen LogP contribution >= 0.6 is 23.4 Å². The zero-order chi connectivity index (χ0) is 24.2. The van der Waals surface area contributed by atoms with Gasteiger partial charge in [-0.25, -0.2) is 0 Å². The highest BCUT2D eigenvalue weighted by atomic mass is 35.5. The van der Waals surface area contributed by atoms with Crippen LogP contribution in [0.25, 0.3) is 17.1 Å². The fourth-order valence-corrected chi connectivity index (χ4v) is 5.25. The molecule has 0 atom stereocenters. The number of benzene rings is 3. The standard InChI is InChI=1S/C27H25ClN4O2S/c1-34-24-9-4-6-21(16-24)25-29-30-27(32(25)23-8-5-7-22(28)17-23)35-18-19-10-12-20(13-11-19)26(33)31-14-2-3-15-31/h4-13,16-17H,2-3,14-15,18H2,1H3. The largest absolute Gasteiger partial charge is 0.497 e. The van der Waals surface area contributed by atoms with Crippen molar-refractivity contribution in [1.82, 2.24) is 19.7 Å². The predicted octanol–water partition coefficient (Wildman–Crippen LogP) is 6.12. The Bertz CT molecular complexity index is 1330. The van der Waals surface area contributed by atoms with Crippen molar-refractivity contribution in [3.05, 3.63) is 88.9 Å². The zero-order valence-corrected chi connectivity index (χ0v) is 20.9. The number of aromatic nitrogens is 3. The van der Waals surface area contributed by atoms with Crippen LogP contribution in [0, 0.1) is 0 Å². The minimum absolute atomic E-state index is 0.116. The van der Waals surface area contributed by atoms with Crippen molar-refractivity contribution in [2.75, 3.05) is 20.2 Å². The fourth-order valence-electron chi connectivity index (χ4n) is 4.15. The van der Waals surface area contributed by atoms with Gasteiger partial charge in [-0.15, -0.1) is 10.2 Å². The molecule has 0 bridgehead atoms. The molecule has 0 N–H and O–H groups in total. The summed E-state index contributed by atoms with van der Waals surface area (Å²) in [6.07, 6.45) is 2.18. The summed E-state index contributed by atoms with van der Waals surface area (Å²) in [5.41, 5.74) is 3.63. The molecule has 178 valence electrons. The third kappa shape index (κ3) is 5.21. The van der Waals surface area contributed by atoms with Gasteiger partial charge in [0.2, 0.25) is 0 Å². The van der Waals surface area contributed by atoms with E-state index in [1.54, 1.807) is 18.9 Å². The van der Waals surface area contributed by atoms with E-state index in [0.29, 0.717) is 16.6 Å². The van der Waals surface area contributed by atoms with Crippen molar-refractivity contribution in [3.8, 4) is 22.8 Å². The van der Waals surface area contributed by atoms with Gasteiger partial charge in [0.15, 0.2) is 11.0 Å². The molecular formula is C27H25ClN4O2S. The lowest BCUT2D eigenvalue weighted by Crippen LogP contribution is -2.27. The van der Waals surface area contributed by atoms with E-state index in [1.807, 2.05) is 82.3 Å². The number of likely N-dealkylation sites (tertiary alicyclic amines) is 1. The van der Waals surface area contributed by atoms with E-state index in [4.69, 9.17) is 16.3 Å². The minimum Gasteiger partial charge on any atom is -0.497 e. The Morgan fingerprint density at radius 2 is 1.77 bits per heavy atom. The van der Waals surface area contributed by atoms with Crippen molar-refractivity contribution in [1.29, 1.82) is 0 Å². The van der Waals surface area contributed by atoms with E-state index < -0.39 is 0 Å². The summed E-state index contributed by atoms with van der Waals surface area (Å²) in [4.78, 5) is 14.6. The summed E-state index contributed by atoms with van der Waals surface area (Å²) < 4.78 is 7.41. The molecular weight excluding hydrogens is 480 g/mol. The molecule has 3 aromatic carbocycles. The molecule has 0 aliphatic carbocycles. The van der Waals surface area contributed by atoms with Gasteiger partial charge in [-0.05, 0) is 60.9 Å². The van der Waals surface area contributed by atoms with Crippen LogP contribution in [0.1, 0.15) is 28.8 Å². The molecule has 1 aliphatic rings. The highest BCUT2D eigenvalue weighted by Crippen LogP contribution is 2.32. The molecule has 1 aliphatic heterocycles. The summed E-state index contributed by atoms with van der Waals surface area (Å²) in [6, 6.07) is 23.3. The first kappa shape index (κ1) is 23.5. The highest BCUT2D eigenvalue weighted by molar-refractivity contribution is 7.98. The topological polar surface area (TPSA) is 60.3 Å². The Morgan fingerprint density at radius 1 is 1.00 bits per heavy atom. The Balaban J connectivity index is 1.40. The second-order valence-corrected chi connectivity index (χ2v) is 9.72. The van der Waals surface area contributed by atoms with Crippen molar-refractivity contribution in [2.24, 2.45) is 0 Å². The molecule has 1 fully saturated rings.